The van der Waals surface area contributed by atoms with Crippen LogP contribution in [-0.2, 0) is 11.3 Å². The first-order valence-electron chi connectivity index (χ1n) is 10.4. The zero-order valence-corrected chi connectivity index (χ0v) is 18.7. The third-order valence-corrected chi connectivity index (χ3v) is 6.39. The van der Waals surface area contributed by atoms with Gasteiger partial charge < -0.3 is 24.3 Å². The summed E-state index contributed by atoms with van der Waals surface area (Å²) in [6.45, 7) is 2.75. The van der Waals surface area contributed by atoms with Crippen molar-refractivity contribution < 1.29 is 27.8 Å². The van der Waals surface area contributed by atoms with E-state index in [1.54, 1.807) is 9.47 Å². The largest absolute Gasteiger partial charge is 0.491 e. The molecule has 2 aliphatic rings. The van der Waals surface area contributed by atoms with Gasteiger partial charge in [0, 0.05) is 31.5 Å². The highest BCUT2D eigenvalue weighted by Crippen LogP contribution is 2.35. The molecule has 11 heteroatoms. The number of carbonyl (C=O) groups excluding carboxylic acids is 2. The first kappa shape index (κ1) is 23.2. The molecule has 8 nitrogen and oxygen atoms in total. The molecule has 176 valence electrons. The van der Waals surface area contributed by atoms with Gasteiger partial charge in [-0.15, -0.1) is 0 Å². The van der Waals surface area contributed by atoms with E-state index in [1.165, 1.54) is 13.3 Å². The lowest BCUT2D eigenvalue weighted by Gasteiger charge is -2.45. The topological polar surface area (TPSA) is 89.9 Å². The van der Waals surface area contributed by atoms with Gasteiger partial charge in [-0.05, 0) is 19.4 Å². The summed E-state index contributed by atoms with van der Waals surface area (Å²) in [7, 11) is 1.26. The quantitative estimate of drug-likeness (QED) is 0.663. The van der Waals surface area contributed by atoms with Gasteiger partial charge in [-0.25, -0.2) is 8.78 Å². The summed E-state index contributed by atoms with van der Waals surface area (Å²) in [5.74, 6) is -3.31. The van der Waals surface area contributed by atoms with Gasteiger partial charge in [0.2, 0.25) is 5.43 Å². The normalized spacial score (nSPS) is 19.7. The Kier molecular flexibility index (Phi) is 6.40. The third kappa shape index (κ3) is 3.87. The van der Waals surface area contributed by atoms with Crippen LogP contribution >= 0.6 is 11.6 Å². The van der Waals surface area contributed by atoms with Gasteiger partial charge in [-0.1, -0.05) is 17.7 Å². The Hall–Kier alpha value is -2.98. The van der Waals surface area contributed by atoms with Crippen LogP contribution in [0.1, 0.15) is 45.8 Å². The lowest BCUT2D eigenvalue weighted by molar-refractivity contribution is -0.0176. The molecule has 3 heterocycles. The Morgan fingerprint density at radius 1 is 1.30 bits per heavy atom. The average molecular weight is 482 g/mol. The predicted molar refractivity (Wildman–Crippen MR) is 115 cm³/mol. The smallest absolute Gasteiger partial charge is 0.274 e. The summed E-state index contributed by atoms with van der Waals surface area (Å²) in [6, 6.07) is 1.69. The molecule has 1 fully saturated rings. The highest BCUT2D eigenvalue weighted by molar-refractivity contribution is 6.30. The highest BCUT2D eigenvalue weighted by atomic mass is 35.5. The van der Waals surface area contributed by atoms with Crippen LogP contribution in [0.4, 0.5) is 8.78 Å². The van der Waals surface area contributed by atoms with Crippen molar-refractivity contribution in [1.82, 2.24) is 14.8 Å². The number of fused-ring (bicyclic) bond motifs is 3. The molecule has 2 amide bonds. The molecule has 0 unspecified atom stereocenters. The number of pyridine rings is 1. The molecule has 0 radical (unpaired) electrons. The molecule has 33 heavy (non-hydrogen) atoms. The van der Waals surface area contributed by atoms with Crippen molar-refractivity contribution in [1.29, 1.82) is 0 Å². The van der Waals surface area contributed by atoms with Crippen LogP contribution < -0.4 is 15.5 Å². The number of likely N-dealkylation sites (N-methyl/N-ethyl adjacent to an activating group) is 1. The second-order valence-corrected chi connectivity index (χ2v) is 8.15. The number of carbonyl (C=O) groups is 2. The first-order valence-corrected chi connectivity index (χ1v) is 10.8. The summed E-state index contributed by atoms with van der Waals surface area (Å²) in [4.78, 5) is 40.7. The Balaban J connectivity index is 1.72. The molecule has 2 atom stereocenters. The third-order valence-electron chi connectivity index (χ3n) is 6.05. The van der Waals surface area contributed by atoms with Crippen LogP contribution in [0.5, 0.6) is 5.75 Å². The lowest BCUT2D eigenvalue weighted by atomic mass is 9.96. The maximum absolute atomic E-state index is 14.2. The molecule has 0 aliphatic carbocycles. The number of rotatable bonds is 5. The first-order chi connectivity index (χ1) is 15.8. The molecule has 1 aromatic heterocycles. The Bertz CT molecular complexity index is 1190. The Morgan fingerprint density at radius 2 is 2.06 bits per heavy atom. The van der Waals surface area contributed by atoms with Crippen LogP contribution in [0.15, 0.2) is 23.1 Å². The van der Waals surface area contributed by atoms with Crippen LogP contribution in [0, 0.1) is 11.6 Å². The van der Waals surface area contributed by atoms with Gasteiger partial charge in [0.15, 0.2) is 11.4 Å². The van der Waals surface area contributed by atoms with Crippen molar-refractivity contribution >= 4 is 23.4 Å². The SMILES string of the molecule is CCN1C(=O)c2c(OC)c(=O)c(C(=O)NCc3ccc(F)c(Cl)c3F)cn2[C@H]2CCOC[C@H]21. The van der Waals surface area contributed by atoms with Gasteiger partial charge in [-0.2, -0.15) is 0 Å². The van der Waals surface area contributed by atoms with Crippen molar-refractivity contribution in [3.8, 4) is 5.75 Å². The summed E-state index contributed by atoms with van der Waals surface area (Å²) in [6.07, 6.45) is 1.92. The molecule has 1 aromatic carbocycles. The van der Waals surface area contributed by atoms with Crippen LogP contribution in [0.2, 0.25) is 5.02 Å². The minimum atomic E-state index is -0.994. The molecule has 4 rings (SSSR count). The zero-order valence-electron chi connectivity index (χ0n) is 18.0. The van der Waals surface area contributed by atoms with Gasteiger partial charge in [0.05, 0.1) is 25.8 Å². The molecular weight excluding hydrogens is 460 g/mol. The van der Waals surface area contributed by atoms with E-state index in [-0.39, 0.29) is 47.1 Å². The number of hydrogen-bond donors (Lipinski definition) is 1. The van der Waals surface area contributed by atoms with Gasteiger partial charge in [0.1, 0.15) is 22.2 Å². The number of amides is 2. The van der Waals surface area contributed by atoms with Crippen molar-refractivity contribution in [2.24, 2.45) is 0 Å². The van der Waals surface area contributed by atoms with Crippen LogP contribution in [-0.4, -0.2) is 54.2 Å². The maximum atomic E-state index is 14.2. The van der Waals surface area contributed by atoms with Gasteiger partial charge >= 0.3 is 0 Å². The van der Waals surface area contributed by atoms with Crippen LogP contribution in [0.25, 0.3) is 0 Å². The molecule has 2 aliphatic heterocycles. The van der Waals surface area contributed by atoms with E-state index < -0.39 is 28.0 Å². The minimum absolute atomic E-state index is 0.0435. The predicted octanol–water partition coefficient (Wildman–Crippen LogP) is 2.52. The lowest BCUT2D eigenvalue weighted by Crippen LogP contribution is -2.55. The number of nitrogens with one attached hydrogen (secondary N) is 1. The summed E-state index contributed by atoms with van der Waals surface area (Å²) < 4.78 is 40.0. The molecule has 0 bridgehead atoms. The van der Waals surface area contributed by atoms with E-state index >= 15 is 0 Å². The average Bonchev–Trinajstić information content (AvgIpc) is 2.82. The van der Waals surface area contributed by atoms with E-state index in [0.717, 1.165) is 12.1 Å². The van der Waals surface area contributed by atoms with E-state index in [1.807, 2.05) is 6.92 Å². The molecule has 2 aromatic rings. The number of ether oxygens (including phenoxy) is 2. The Labute approximate surface area is 193 Å². The number of halogens is 3. The monoisotopic (exact) mass is 481 g/mol. The minimum Gasteiger partial charge on any atom is -0.491 e. The number of benzene rings is 1. The van der Waals surface area contributed by atoms with E-state index in [9.17, 15) is 23.2 Å². The van der Waals surface area contributed by atoms with Gasteiger partial charge in [0.25, 0.3) is 11.8 Å². The highest BCUT2D eigenvalue weighted by Gasteiger charge is 2.43. The number of aromatic nitrogens is 1. The molecular formula is C22H22ClF2N3O5. The molecule has 1 N–H and O–H groups in total. The van der Waals surface area contributed by atoms with Crippen molar-refractivity contribution in [2.45, 2.75) is 32.0 Å². The summed E-state index contributed by atoms with van der Waals surface area (Å²) >= 11 is 5.58. The maximum Gasteiger partial charge on any atom is 0.274 e. The number of nitrogens with zero attached hydrogens (tertiary/aromatic N) is 2. The van der Waals surface area contributed by atoms with Crippen molar-refractivity contribution in [3.63, 3.8) is 0 Å². The fourth-order valence-corrected chi connectivity index (χ4v) is 4.59. The Morgan fingerprint density at radius 3 is 2.76 bits per heavy atom. The van der Waals surface area contributed by atoms with Crippen molar-refractivity contribution in [2.75, 3.05) is 26.9 Å². The number of hydrogen-bond acceptors (Lipinski definition) is 5. The zero-order chi connectivity index (χ0) is 23.9. The van der Waals surface area contributed by atoms with Crippen LogP contribution in [0.3, 0.4) is 0 Å². The standard InChI is InChI=1S/C22H22ClF2N3O5/c1-3-27-15-10-33-7-6-14(15)28-9-12(19(29)20(32-2)18(28)22(27)31)21(30)26-8-11-4-5-13(24)16(23)17(11)25/h4-5,9,14-15H,3,6-8,10H2,1-2H3,(H,26,30)/t14-,15+/m0/s1. The molecule has 0 spiro atoms. The summed E-state index contributed by atoms with van der Waals surface area (Å²) in [5, 5.41) is 1.78. The molecule has 0 saturated carbocycles. The van der Waals surface area contributed by atoms with E-state index in [2.05, 4.69) is 5.32 Å². The molecule has 1 saturated heterocycles. The fraction of sp³-hybridized carbons (Fsp3) is 0.409. The van der Waals surface area contributed by atoms with Gasteiger partial charge in [-0.3, -0.25) is 14.4 Å². The number of methoxy groups -OCH3 is 1. The second-order valence-electron chi connectivity index (χ2n) is 7.77. The van der Waals surface area contributed by atoms with E-state index in [0.29, 0.717) is 26.2 Å². The second kappa shape index (κ2) is 9.11. The fourth-order valence-electron chi connectivity index (χ4n) is 4.40. The van der Waals surface area contributed by atoms with E-state index in [4.69, 9.17) is 21.1 Å². The summed E-state index contributed by atoms with van der Waals surface area (Å²) in [5.41, 5.74) is -0.973. The van der Waals surface area contributed by atoms with Crippen molar-refractivity contribution in [3.05, 3.63) is 62.0 Å².